The van der Waals surface area contributed by atoms with Gasteiger partial charge < -0.3 is 24.3 Å². The summed E-state index contributed by atoms with van der Waals surface area (Å²) in [6.45, 7) is 0.182. The molecule has 0 atom stereocenters. The van der Waals surface area contributed by atoms with Crippen LogP contribution in [0.2, 0.25) is 0 Å². The molecule has 0 spiro atoms. The van der Waals surface area contributed by atoms with Gasteiger partial charge in [-0.15, -0.1) is 0 Å². The van der Waals surface area contributed by atoms with Crippen LogP contribution in [0.5, 0.6) is 23.0 Å². The van der Waals surface area contributed by atoms with Gasteiger partial charge in [0.15, 0.2) is 11.5 Å². The summed E-state index contributed by atoms with van der Waals surface area (Å²) in [6, 6.07) is 10.6. The molecule has 0 bridgehead atoms. The maximum Gasteiger partial charge on any atom is 0.295 e. The van der Waals surface area contributed by atoms with Gasteiger partial charge in [-0.25, -0.2) is 0 Å². The standard InChI is InChI=1S/C20H18N2O6S/c1-25-13-4-6-15(26-2)14(9-13)21-10-22-19(23)18(29-20(22)24)8-12-3-5-16-17(7-12)28-11-27-16/h3-9,21H,10-11H2,1-2H3. The molecular weight excluding hydrogens is 396 g/mol. The predicted octanol–water partition coefficient (Wildman–Crippen LogP) is 3.54. The Hall–Kier alpha value is -3.33. The lowest BCUT2D eigenvalue weighted by molar-refractivity contribution is -0.122. The Morgan fingerprint density at radius 3 is 2.72 bits per heavy atom. The number of methoxy groups -OCH3 is 2. The largest absolute Gasteiger partial charge is 0.497 e. The normalized spacial score (nSPS) is 16.5. The number of nitrogens with zero attached hydrogens (tertiary/aromatic N) is 1. The van der Waals surface area contributed by atoms with Crippen LogP contribution in [0.1, 0.15) is 5.56 Å². The van der Waals surface area contributed by atoms with Gasteiger partial charge in [0.05, 0.1) is 31.5 Å². The molecule has 1 fully saturated rings. The number of fused-ring (bicyclic) bond motifs is 1. The molecule has 1 N–H and O–H groups in total. The summed E-state index contributed by atoms with van der Waals surface area (Å²) in [6.07, 6.45) is 1.67. The molecule has 2 heterocycles. The highest BCUT2D eigenvalue weighted by Crippen LogP contribution is 2.36. The van der Waals surface area contributed by atoms with Crippen molar-refractivity contribution in [2.75, 3.05) is 33.0 Å². The second-order valence-corrected chi connectivity index (χ2v) is 7.12. The van der Waals surface area contributed by atoms with Crippen LogP contribution in [0.4, 0.5) is 10.5 Å². The van der Waals surface area contributed by atoms with Crippen molar-refractivity contribution in [1.29, 1.82) is 0 Å². The van der Waals surface area contributed by atoms with Gasteiger partial charge in [0.1, 0.15) is 11.5 Å². The zero-order valence-corrected chi connectivity index (χ0v) is 16.6. The van der Waals surface area contributed by atoms with Gasteiger partial charge in [-0.05, 0) is 47.7 Å². The number of amides is 2. The third-order valence-electron chi connectivity index (χ3n) is 4.40. The first-order chi connectivity index (χ1) is 14.1. The lowest BCUT2D eigenvalue weighted by Crippen LogP contribution is -2.33. The maximum atomic E-state index is 12.7. The van der Waals surface area contributed by atoms with Crippen LogP contribution in [0, 0.1) is 0 Å². The van der Waals surface area contributed by atoms with Crippen molar-refractivity contribution in [3.05, 3.63) is 46.9 Å². The zero-order valence-electron chi connectivity index (χ0n) is 15.8. The van der Waals surface area contributed by atoms with E-state index in [1.54, 1.807) is 56.7 Å². The van der Waals surface area contributed by atoms with E-state index in [9.17, 15) is 9.59 Å². The van der Waals surface area contributed by atoms with Crippen molar-refractivity contribution in [3.63, 3.8) is 0 Å². The second-order valence-electron chi connectivity index (χ2n) is 6.12. The fourth-order valence-corrected chi connectivity index (χ4v) is 3.75. The number of imide groups is 1. The number of benzene rings is 2. The minimum Gasteiger partial charge on any atom is -0.497 e. The van der Waals surface area contributed by atoms with Gasteiger partial charge >= 0.3 is 0 Å². The molecule has 4 rings (SSSR count). The van der Waals surface area contributed by atoms with E-state index in [0.717, 1.165) is 22.2 Å². The molecule has 2 aliphatic rings. The number of hydrogen-bond acceptors (Lipinski definition) is 8. The fraction of sp³-hybridized carbons (Fsp3) is 0.200. The van der Waals surface area contributed by atoms with Crippen molar-refractivity contribution in [2.24, 2.45) is 0 Å². The second kappa shape index (κ2) is 7.96. The summed E-state index contributed by atoms with van der Waals surface area (Å²) in [5, 5.41) is 2.71. The first kappa shape index (κ1) is 19.0. The molecule has 0 radical (unpaired) electrons. The first-order valence-corrected chi connectivity index (χ1v) is 9.51. The fourth-order valence-electron chi connectivity index (χ4n) is 2.91. The highest BCUT2D eigenvalue weighted by Gasteiger charge is 2.35. The summed E-state index contributed by atoms with van der Waals surface area (Å²) in [5.41, 5.74) is 1.37. The van der Waals surface area contributed by atoms with E-state index >= 15 is 0 Å². The van der Waals surface area contributed by atoms with Gasteiger partial charge in [0.2, 0.25) is 6.79 Å². The molecular formula is C20H18N2O6S. The summed E-state index contributed by atoms with van der Waals surface area (Å²) in [7, 11) is 3.10. The van der Waals surface area contributed by atoms with Crippen molar-refractivity contribution >= 4 is 34.7 Å². The third kappa shape index (κ3) is 3.81. The van der Waals surface area contributed by atoms with Gasteiger partial charge in [-0.3, -0.25) is 14.5 Å². The Labute approximate surface area is 171 Å². The third-order valence-corrected chi connectivity index (χ3v) is 5.31. The van der Waals surface area contributed by atoms with Crippen LogP contribution in [0.25, 0.3) is 6.08 Å². The minimum atomic E-state index is -0.368. The molecule has 2 aromatic carbocycles. The summed E-state index contributed by atoms with van der Waals surface area (Å²) in [4.78, 5) is 26.6. The Kier molecular flexibility index (Phi) is 5.22. The van der Waals surface area contributed by atoms with Gasteiger partial charge in [-0.2, -0.15) is 0 Å². The van der Waals surface area contributed by atoms with E-state index in [-0.39, 0.29) is 24.6 Å². The highest BCUT2D eigenvalue weighted by atomic mass is 32.2. The number of carbonyl (C=O) groups excluding carboxylic acids is 2. The van der Waals surface area contributed by atoms with Crippen LogP contribution >= 0.6 is 11.8 Å². The topological polar surface area (TPSA) is 86.3 Å². The molecule has 1 saturated heterocycles. The van der Waals surface area contributed by atoms with Gasteiger partial charge in [0, 0.05) is 6.07 Å². The molecule has 0 saturated carbocycles. The number of nitrogens with one attached hydrogen (secondary N) is 1. The van der Waals surface area contributed by atoms with Crippen LogP contribution in [0.15, 0.2) is 41.3 Å². The van der Waals surface area contributed by atoms with E-state index in [1.165, 1.54) is 0 Å². The molecule has 29 heavy (non-hydrogen) atoms. The van der Waals surface area contributed by atoms with E-state index in [4.69, 9.17) is 18.9 Å². The van der Waals surface area contributed by atoms with E-state index < -0.39 is 0 Å². The van der Waals surface area contributed by atoms with Crippen molar-refractivity contribution in [1.82, 2.24) is 4.90 Å². The maximum absolute atomic E-state index is 12.7. The quantitative estimate of drug-likeness (QED) is 0.719. The molecule has 150 valence electrons. The number of ether oxygens (including phenoxy) is 4. The smallest absolute Gasteiger partial charge is 0.295 e. The van der Waals surface area contributed by atoms with Gasteiger partial charge in [0.25, 0.3) is 11.1 Å². The lowest BCUT2D eigenvalue weighted by Gasteiger charge is -2.17. The van der Waals surface area contributed by atoms with E-state index in [1.807, 2.05) is 0 Å². The number of carbonyl (C=O) groups is 2. The molecule has 0 unspecified atom stereocenters. The van der Waals surface area contributed by atoms with Crippen LogP contribution in [0.3, 0.4) is 0 Å². The Morgan fingerprint density at radius 2 is 1.93 bits per heavy atom. The first-order valence-electron chi connectivity index (χ1n) is 8.70. The zero-order chi connectivity index (χ0) is 20.4. The van der Waals surface area contributed by atoms with Crippen LogP contribution in [-0.4, -0.2) is 43.7 Å². The van der Waals surface area contributed by atoms with E-state index in [2.05, 4.69) is 5.32 Å². The molecule has 2 aromatic rings. The number of thioether (sulfide) groups is 1. The minimum absolute atomic E-state index is 0.00662. The molecule has 9 heteroatoms. The number of anilines is 1. The molecule has 0 aliphatic carbocycles. The summed E-state index contributed by atoms with van der Waals surface area (Å²) >= 11 is 0.893. The molecule has 2 amide bonds. The number of rotatable bonds is 6. The predicted molar refractivity (Wildman–Crippen MR) is 108 cm³/mol. The average molecular weight is 414 g/mol. The number of hydrogen-bond donors (Lipinski definition) is 1. The van der Waals surface area contributed by atoms with Crippen molar-refractivity contribution in [3.8, 4) is 23.0 Å². The van der Waals surface area contributed by atoms with Crippen molar-refractivity contribution in [2.45, 2.75) is 0 Å². The Balaban J connectivity index is 1.49. The average Bonchev–Trinajstić information content (AvgIpc) is 3.30. The lowest BCUT2D eigenvalue weighted by atomic mass is 10.2. The highest BCUT2D eigenvalue weighted by molar-refractivity contribution is 8.18. The SMILES string of the molecule is COc1ccc(OC)c(NCN2C(=O)SC(=Cc3ccc4c(c3)OCO4)C2=O)c1. The molecule has 8 nitrogen and oxygen atoms in total. The summed E-state index contributed by atoms with van der Waals surface area (Å²) < 4.78 is 21.1. The Bertz CT molecular complexity index is 1010. The van der Waals surface area contributed by atoms with Crippen LogP contribution < -0.4 is 24.3 Å². The van der Waals surface area contributed by atoms with Crippen molar-refractivity contribution < 1.29 is 28.5 Å². The van der Waals surface area contributed by atoms with Crippen LogP contribution in [-0.2, 0) is 4.79 Å². The van der Waals surface area contributed by atoms with Gasteiger partial charge in [-0.1, -0.05) is 6.07 Å². The molecule has 0 aromatic heterocycles. The summed E-state index contributed by atoms with van der Waals surface area (Å²) in [5.74, 6) is 2.11. The monoisotopic (exact) mass is 414 g/mol. The molecule has 2 aliphatic heterocycles. The van der Waals surface area contributed by atoms with E-state index in [0.29, 0.717) is 33.6 Å². The Morgan fingerprint density at radius 1 is 1.10 bits per heavy atom.